The summed E-state index contributed by atoms with van der Waals surface area (Å²) in [5.41, 5.74) is 2.88. The highest BCUT2D eigenvalue weighted by Gasteiger charge is 2.01. The second-order valence-corrected chi connectivity index (χ2v) is 3.51. The Morgan fingerprint density at radius 2 is 1.88 bits per heavy atom. The zero-order chi connectivity index (χ0) is 11.4. The van der Waals surface area contributed by atoms with Gasteiger partial charge in [-0.15, -0.1) is 0 Å². The fourth-order valence-corrected chi connectivity index (χ4v) is 1.52. The first kappa shape index (κ1) is 10.4. The molecule has 16 heavy (non-hydrogen) atoms. The summed E-state index contributed by atoms with van der Waals surface area (Å²) >= 11 is 0. The first-order valence-electron chi connectivity index (χ1n) is 4.97. The van der Waals surface area contributed by atoms with E-state index in [-0.39, 0.29) is 6.42 Å². The lowest BCUT2D eigenvalue weighted by atomic mass is 10.0. The van der Waals surface area contributed by atoms with Crippen LogP contribution in [0.5, 0.6) is 0 Å². The van der Waals surface area contributed by atoms with Crippen LogP contribution in [-0.4, -0.2) is 16.1 Å². The van der Waals surface area contributed by atoms with Crippen molar-refractivity contribution < 1.29 is 9.90 Å². The normalized spacial score (nSPS) is 10.0. The van der Waals surface area contributed by atoms with E-state index >= 15 is 0 Å². The van der Waals surface area contributed by atoms with Gasteiger partial charge >= 0.3 is 5.97 Å². The van der Waals surface area contributed by atoms with Gasteiger partial charge in [0.05, 0.1) is 6.42 Å². The highest BCUT2D eigenvalue weighted by molar-refractivity contribution is 5.71. The first-order valence-corrected chi connectivity index (χ1v) is 4.97. The van der Waals surface area contributed by atoms with E-state index in [0.717, 1.165) is 16.7 Å². The Morgan fingerprint density at radius 3 is 2.44 bits per heavy atom. The molecule has 0 atom stereocenters. The summed E-state index contributed by atoms with van der Waals surface area (Å²) in [4.78, 5) is 14.6. The fraction of sp³-hybridized carbons (Fsp3) is 0.0769. The Bertz CT molecular complexity index is 477. The van der Waals surface area contributed by atoms with Gasteiger partial charge in [-0.1, -0.05) is 30.3 Å². The second kappa shape index (κ2) is 4.57. The molecule has 3 nitrogen and oxygen atoms in total. The third-order valence-electron chi connectivity index (χ3n) is 2.30. The van der Waals surface area contributed by atoms with Crippen LogP contribution in [0.4, 0.5) is 0 Å². The van der Waals surface area contributed by atoms with Crippen LogP contribution >= 0.6 is 0 Å². The lowest BCUT2D eigenvalue weighted by molar-refractivity contribution is -0.136. The summed E-state index contributed by atoms with van der Waals surface area (Å²) in [6.45, 7) is 0. The molecular formula is C13H11NO2. The van der Waals surface area contributed by atoms with E-state index in [2.05, 4.69) is 4.98 Å². The molecule has 0 unspecified atom stereocenters. The maximum Gasteiger partial charge on any atom is 0.307 e. The molecule has 3 heteroatoms. The molecular weight excluding hydrogens is 202 g/mol. The van der Waals surface area contributed by atoms with Gasteiger partial charge in [-0.25, -0.2) is 0 Å². The average Bonchev–Trinajstić information content (AvgIpc) is 2.30. The van der Waals surface area contributed by atoms with Gasteiger partial charge in [0.2, 0.25) is 0 Å². The van der Waals surface area contributed by atoms with Gasteiger partial charge in [-0.2, -0.15) is 0 Å². The van der Waals surface area contributed by atoms with E-state index < -0.39 is 5.97 Å². The van der Waals surface area contributed by atoms with Crippen LogP contribution in [-0.2, 0) is 11.2 Å². The molecule has 0 bridgehead atoms. The van der Waals surface area contributed by atoms with Crippen LogP contribution < -0.4 is 0 Å². The molecule has 1 aromatic heterocycles. The number of aliphatic carboxylic acids is 1. The molecule has 0 saturated carbocycles. The van der Waals surface area contributed by atoms with Crippen molar-refractivity contribution in [2.45, 2.75) is 6.42 Å². The Hall–Kier alpha value is -2.16. The van der Waals surface area contributed by atoms with Crippen molar-refractivity contribution in [3.63, 3.8) is 0 Å². The lowest BCUT2D eigenvalue weighted by Crippen LogP contribution is -1.99. The minimum Gasteiger partial charge on any atom is -0.481 e. The largest absolute Gasteiger partial charge is 0.481 e. The number of carboxylic acids is 1. The van der Waals surface area contributed by atoms with Crippen LogP contribution in [0.2, 0.25) is 0 Å². The third kappa shape index (κ3) is 2.45. The molecule has 0 fully saturated rings. The fourth-order valence-electron chi connectivity index (χ4n) is 1.52. The first-order chi connectivity index (χ1) is 7.75. The summed E-state index contributed by atoms with van der Waals surface area (Å²) in [5.74, 6) is -0.811. The summed E-state index contributed by atoms with van der Waals surface area (Å²) in [7, 11) is 0. The maximum atomic E-state index is 10.5. The number of rotatable bonds is 3. The molecule has 0 amide bonds. The topological polar surface area (TPSA) is 50.2 Å². The number of nitrogens with zero attached hydrogens (tertiary/aromatic N) is 1. The SMILES string of the molecule is O=C(O)Cc1ccc(-c2cccnc2)cc1. The van der Waals surface area contributed by atoms with Crippen molar-refractivity contribution in [2.75, 3.05) is 0 Å². The van der Waals surface area contributed by atoms with Crippen LogP contribution in [0.3, 0.4) is 0 Å². The predicted octanol–water partition coefficient (Wildman–Crippen LogP) is 2.38. The summed E-state index contributed by atoms with van der Waals surface area (Å²) < 4.78 is 0. The Balaban J connectivity index is 2.23. The van der Waals surface area contributed by atoms with E-state index in [0.29, 0.717) is 0 Å². The number of carbonyl (C=O) groups is 1. The zero-order valence-electron chi connectivity index (χ0n) is 8.63. The van der Waals surface area contributed by atoms with Crippen molar-refractivity contribution in [3.05, 3.63) is 54.4 Å². The van der Waals surface area contributed by atoms with Gasteiger partial charge in [-0.05, 0) is 22.8 Å². The highest BCUT2D eigenvalue weighted by Crippen LogP contribution is 2.18. The zero-order valence-corrected chi connectivity index (χ0v) is 8.63. The molecule has 0 aliphatic heterocycles. The van der Waals surface area contributed by atoms with E-state index in [1.807, 2.05) is 36.4 Å². The smallest absolute Gasteiger partial charge is 0.307 e. The van der Waals surface area contributed by atoms with Crippen molar-refractivity contribution in [2.24, 2.45) is 0 Å². The minimum absolute atomic E-state index is 0.0628. The van der Waals surface area contributed by atoms with E-state index in [1.54, 1.807) is 12.4 Å². The van der Waals surface area contributed by atoms with E-state index in [1.165, 1.54) is 0 Å². The molecule has 1 aromatic carbocycles. The molecule has 2 aromatic rings. The highest BCUT2D eigenvalue weighted by atomic mass is 16.4. The monoisotopic (exact) mass is 213 g/mol. The van der Waals surface area contributed by atoms with Crippen molar-refractivity contribution in [3.8, 4) is 11.1 Å². The van der Waals surface area contributed by atoms with Gasteiger partial charge in [0.1, 0.15) is 0 Å². The van der Waals surface area contributed by atoms with Crippen molar-refractivity contribution in [1.82, 2.24) is 4.98 Å². The van der Waals surface area contributed by atoms with Crippen LogP contribution in [0.1, 0.15) is 5.56 Å². The minimum atomic E-state index is -0.811. The number of pyridine rings is 1. The number of hydrogen-bond acceptors (Lipinski definition) is 2. The Labute approximate surface area is 93.4 Å². The average molecular weight is 213 g/mol. The van der Waals surface area contributed by atoms with Crippen molar-refractivity contribution >= 4 is 5.97 Å². The number of carboxylic acid groups (broad SMARTS) is 1. The van der Waals surface area contributed by atoms with Crippen LogP contribution in [0.25, 0.3) is 11.1 Å². The number of hydrogen-bond donors (Lipinski definition) is 1. The third-order valence-corrected chi connectivity index (χ3v) is 2.30. The van der Waals surface area contributed by atoms with Gasteiger partial charge < -0.3 is 5.11 Å². The molecule has 0 saturated heterocycles. The molecule has 0 spiro atoms. The molecule has 0 radical (unpaired) electrons. The standard InChI is InChI=1S/C13H11NO2/c15-13(16)8-10-3-5-11(6-4-10)12-2-1-7-14-9-12/h1-7,9H,8H2,(H,15,16). The van der Waals surface area contributed by atoms with E-state index in [9.17, 15) is 4.79 Å². The van der Waals surface area contributed by atoms with Crippen molar-refractivity contribution in [1.29, 1.82) is 0 Å². The number of benzene rings is 1. The Kier molecular flexibility index (Phi) is 2.96. The summed E-state index contributed by atoms with van der Waals surface area (Å²) in [6.07, 6.45) is 3.57. The van der Waals surface area contributed by atoms with Crippen LogP contribution in [0, 0.1) is 0 Å². The molecule has 0 aliphatic rings. The summed E-state index contributed by atoms with van der Waals surface area (Å²) in [5, 5.41) is 8.64. The predicted molar refractivity (Wildman–Crippen MR) is 61.0 cm³/mol. The lowest BCUT2D eigenvalue weighted by Gasteiger charge is -2.02. The van der Waals surface area contributed by atoms with Crippen LogP contribution in [0.15, 0.2) is 48.8 Å². The quantitative estimate of drug-likeness (QED) is 0.851. The summed E-state index contributed by atoms with van der Waals surface area (Å²) in [6, 6.07) is 11.3. The van der Waals surface area contributed by atoms with E-state index in [4.69, 9.17) is 5.11 Å². The molecule has 2 rings (SSSR count). The maximum absolute atomic E-state index is 10.5. The molecule has 1 N–H and O–H groups in total. The van der Waals surface area contributed by atoms with Gasteiger partial charge in [-0.3, -0.25) is 9.78 Å². The van der Waals surface area contributed by atoms with Gasteiger partial charge in [0.15, 0.2) is 0 Å². The molecule has 1 heterocycles. The number of aromatic nitrogens is 1. The second-order valence-electron chi connectivity index (χ2n) is 3.51. The van der Waals surface area contributed by atoms with Gasteiger partial charge in [0, 0.05) is 12.4 Å². The molecule has 0 aliphatic carbocycles. The molecule has 80 valence electrons. The Morgan fingerprint density at radius 1 is 1.12 bits per heavy atom. The van der Waals surface area contributed by atoms with Gasteiger partial charge in [0.25, 0.3) is 0 Å².